The second-order valence-electron chi connectivity index (χ2n) is 7.24. The fourth-order valence-electron chi connectivity index (χ4n) is 3.83. The van der Waals surface area contributed by atoms with Gasteiger partial charge in [0, 0.05) is 16.3 Å². The molecule has 1 aliphatic rings. The highest BCUT2D eigenvalue weighted by atomic mass is 35.5. The maximum Gasteiger partial charge on any atom is 0.300 e. The van der Waals surface area contributed by atoms with Crippen LogP contribution < -0.4 is 9.64 Å². The summed E-state index contributed by atoms with van der Waals surface area (Å²) < 4.78 is 5.23. The molecule has 0 saturated carbocycles. The first-order valence-electron chi connectivity index (χ1n) is 9.69. The first-order chi connectivity index (χ1) is 14.9. The fourth-order valence-corrected chi connectivity index (χ4v) is 3.95. The highest BCUT2D eigenvalue weighted by Crippen LogP contribution is 2.42. The molecule has 1 saturated heterocycles. The second kappa shape index (κ2) is 8.28. The Morgan fingerprint density at radius 2 is 1.68 bits per heavy atom. The molecule has 0 radical (unpaired) electrons. The third-order valence-corrected chi connectivity index (χ3v) is 5.61. The normalized spacial score (nSPS) is 17.8. The smallest absolute Gasteiger partial charge is 0.300 e. The Kier molecular flexibility index (Phi) is 5.53. The number of hydrogen-bond donors (Lipinski definition) is 1. The van der Waals surface area contributed by atoms with Gasteiger partial charge in [0.15, 0.2) is 0 Å². The number of hydrogen-bond acceptors (Lipinski definition) is 4. The number of aliphatic hydroxyl groups excluding tert-OH is 1. The van der Waals surface area contributed by atoms with Crippen molar-refractivity contribution in [3.05, 3.63) is 100 Å². The third kappa shape index (κ3) is 3.68. The standard InChI is InChI=1S/C25H20ClNO4/c1-15-14-19(31-2)12-13-20(15)23(28)21-22(16-6-4-3-5-7-16)27(25(30)24(21)29)18-10-8-17(26)9-11-18/h3-14,22,28H,1-2H3/b23-21-. The summed E-state index contributed by atoms with van der Waals surface area (Å²) in [6.45, 7) is 1.81. The van der Waals surface area contributed by atoms with Crippen molar-refractivity contribution in [3.63, 3.8) is 0 Å². The van der Waals surface area contributed by atoms with Crippen molar-refractivity contribution in [2.45, 2.75) is 13.0 Å². The van der Waals surface area contributed by atoms with Gasteiger partial charge in [0.1, 0.15) is 11.5 Å². The molecular formula is C25H20ClNO4. The number of carbonyl (C=O) groups is 2. The van der Waals surface area contributed by atoms with Crippen LogP contribution in [0.25, 0.3) is 5.76 Å². The number of aryl methyl sites for hydroxylation is 1. The van der Waals surface area contributed by atoms with Crippen LogP contribution >= 0.6 is 11.6 Å². The number of aliphatic hydroxyl groups is 1. The van der Waals surface area contributed by atoms with Crippen molar-refractivity contribution in [2.75, 3.05) is 12.0 Å². The maximum atomic E-state index is 13.1. The van der Waals surface area contributed by atoms with Gasteiger partial charge in [0.05, 0.1) is 18.7 Å². The zero-order valence-corrected chi connectivity index (χ0v) is 17.8. The van der Waals surface area contributed by atoms with Gasteiger partial charge in [-0.3, -0.25) is 14.5 Å². The number of Topliss-reactive ketones (excluding diaryl/α,β-unsaturated/α-hetero) is 1. The predicted molar refractivity (Wildman–Crippen MR) is 120 cm³/mol. The van der Waals surface area contributed by atoms with E-state index in [1.165, 1.54) is 4.90 Å². The summed E-state index contributed by atoms with van der Waals surface area (Å²) >= 11 is 6.01. The zero-order chi connectivity index (χ0) is 22.1. The van der Waals surface area contributed by atoms with Crippen molar-refractivity contribution in [2.24, 2.45) is 0 Å². The number of amides is 1. The number of methoxy groups -OCH3 is 1. The number of carbonyl (C=O) groups excluding carboxylic acids is 2. The quantitative estimate of drug-likeness (QED) is 0.345. The monoisotopic (exact) mass is 433 g/mol. The molecule has 6 heteroatoms. The predicted octanol–water partition coefficient (Wildman–Crippen LogP) is 5.28. The average Bonchev–Trinajstić information content (AvgIpc) is 3.05. The fraction of sp³-hybridized carbons (Fsp3) is 0.120. The summed E-state index contributed by atoms with van der Waals surface area (Å²) in [4.78, 5) is 27.6. The third-order valence-electron chi connectivity index (χ3n) is 5.35. The summed E-state index contributed by atoms with van der Waals surface area (Å²) in [5.41, 5.74) is 2.46. The molecule has 3 aromatic rings. The summed E-state index contributed by atoms with van der Waals surface area (Å²) in [5, 5.41) is 11.7. The van der Waals surface area contributed by atoms with Gasteiger partial charge in [-0.05, 0) is 60.5 Å². The van der Waals surface area contributed by atoms with E-state index in [9.17, 15) is 14.7 Å². The number of benzene rings is 3. The summed E-state index contributed by atoms with van der Waals surface area (Å²) in [6, 6.07) is 20.2. The van der Waals surface area contributed by atoms with Crippen molar-refractivity contribution in [1.29, 1.82) is 0 Å². The molecule has 3 aromatic carbocycles. The van der Waals surface area contributed by atoms with E-state index in [0.29, 0.717) is 27.6 Å². The molecule has 0 bridgehead atoms. The molecule has 5 nitrogen and oxygen atoms in total. The molecule has 1 fully saturated rings. The Bertz CT molecular complexity index is 1190. The van der Waals surface area contributed by atoms with Gasteiger partial charge < -0.3 is 9.84 Å². The molecule has 1 heterocycles. The number of ether oxygens (including phenoxy) is 1. The van der Waals surface area contributed by atoms with Crippen LogP contribution in [0.1, 0.15) is 22.7 Å². The van der Waals surface area contributed by atoms with E-state index >= 15 is 0 Å². The molecular weight excluding hydrogens is 414 g/mol. The number of halogens is 1. The lowest BCUT2D eigenvalue weighted by Crippen LogP contribution is -2.29. The highest BCUT2D eigenvalue weighted by molar-refractivity contribution is 6.51. The lowest BCUT2D eigenvalue weighted by Gasteiger charge is -2.25. The van der Waals surface area contributed by atoms with E-state index in [2.05, 4.69) is 0 Å². The van der Waals surface area contributed by atoms with Crippen molar-refractivity contribution in [1.82, 2.24) is 0 Å². The van der Waals surface area contributed by atoms with Crippen molar-refractivity contribution >= 4 is 34.7 Å². The minimum absolute atomic E-state index is 0.0411. The van der Waals surface area contributed by atoms with E-state index in [4.69, 9.17) is 16.3 Å². The Morgan fingerprint density at radius 3 is 2.29 bits per heavy atom. The van der Waals surface area contributed by atoms with Gasteiger partial charge >= 0.3 is 0 Å². The molecule has 156 valence electrons. The van der Waals surface area contributed by atoms with E-state index in [1.54, 1.807) is 49.6 Å². The molecule has 0 aliphatic carbocycles. The van der Waals surface area contributed by atoms with Crippen LogP contribution in [0.4, 0.5) is 5.69 Å². The minimum Gasteiger partial charge on any atom is -0.507 e. The summed E-state index contributed by atoms with van der Waals surface area (Å²) in [6.07, 6.45) is 0. The molecule has 4 rings (SSSR count). The van der Waals surface area contributed by atoms with Crippen LogP contribution in [0.15, 0.2) is 78.4 Å². The van der Waals surface area contributed by atoms with E-state index in [1.807, 2.05) is 37.3 Å². The van der Waals surface area contributed by atoms with Crippen LogP contribution in [0.5, 0.6) is 5.75 Å². The highest BCUT2D eigenvalue weighted by Gasteiger charge is 2.47. The van der Waals surface area contributed by atoms with Crippen LogP contribution in [-0.4, -0.2) is 23.9 Å². The van der Waals surface area contributed by atoms with Crippen LogP contribution in [0.2, 0.25) is 5.02 Å². The summed E-state index contributed by atoms with van der Waals surface area (Å²) in [7, 11) is 1.56. The van der Waals surface area contributed by atoms with Gasteiger partial charge in [-0.1, -0.05) is 41.9 Å². The molecule has 0 spiro atoms. The Morgan fingerprint density at radius 1 is 1.00 bits per heavy atom. The Labute approximate surface area is 185 Å². The van der Waals surface area contributed by atoms with Crippen LogP contribution in [0.3, 0.4) is 0 Å². The van der Waals surface area contributed by atoms with Gasteiger partial charge in [-0.25, -0.2) is 0 Å². The molecule has 1 unspecified atom stereocenters. The van der Waals surface area contributed by atoms with E-state index in [-0.39, 0.29) is 11.3 Å². The van der Waals surface area contributed by atoms with E-state index in [0.717, 1.165) is 5.56 Å². The first-order valence-corrected chi connectivity index (χ1v) is 10.1. The summed E-state index contributed by atoms with van der Waals surface area (Å²) in [5.74, 6) is -1.03. The zero-order valence-electron chi connectivity index (χ0n) is 17.0. The Hall–Kier alpha value is -3.57. The van der Waals surface area contributed by atoms with Crippen LogP contribution in [0, 0.1) is 6.92 Å². The van der Waals surface area contributed by atoms with Gasteiger partial charge in [0.25, 0.3) is 11.7 Å². The maximum absolute atomic E-state index is 13.1. The molecule has 31 heavy (non-hydrogen) atoms. The number of anilines is 1. The SMILES string of the molecule is COc1ccc(/C(O)=C2/C(=O)C(=O)N(c3ccc(Cl)cc3)C2c2ccccc2)c(C)c1. The van der Waals surface area contributed by atoms with E-state index < -0.39 is 17.7 Å². The minimum atomic E-state index is -0.774. The molecule has 0 aromatic heterocycles. The van der Waals surface area contributed by atoms with Gasteiger partial charge in [-0.2, -0.15) is 0 Å². The number of ketones is 1. The number of nitrogens with zero attached hydrogens (tertiary/aromatic N) is 1. The lowest BCUT2D eigenvalue weighted by molar-refractivity contribution is -0.132. The molecule has 1 amide bonds. The van der Waals surface area contributed by atoms with Crippen molar-refractivity contribution in [3.8, 4) is 5.75 Å². The van der Waals surface area contributed by atoms with Crippen molar-refractivity contribution < 1.29 is 19.4 Å². The Balaban J connectivity index is 1.93. The lowest BCUT2D eigenvalue weighted by atomic mass is 9.94. The second-order valence-corrected chi connectivity index (χ2v) is 7.67. The molecule has 1 aliphatic heterocycles. The first kappa shape index (κ1) is 20.7. The largest absolute Gasteiger partial charge is 0.507 e. The van der Waals surface area contributed by atoms with Gasteiger partial charge in [-0.15, -0.1) is 0 Å². The number of rotatable bonds is 4. The van der Waals surface area contributed by atoms with Gasteiger partial charge in [0.2, 0.25) is 0 Å². The topological polar surface area (TPSA) is 66.8 Å². The molecule has 1 N–H and O–H groups in total. The van der Waals surface area contributed by atoms with Crippen LogP contribution in [-0.2, 0) is 9.59 Å². The molecule has 1 atom stereocenters. The average molecular weight is 434 g/mol.